The molecule has 21 nitrogen and oxygen atoms in total. The van der Waals surface area contributed by atoms with Crippen LogP contribution in [0.4, 0.5) is 0 Å². The van der Waals surface area contributed by atoms with E-state index < -0.39 is 95.9 Å². The lowest BCUT2D eigenvalue weighted by molar-refractivity contribution is -0.140. The predicted molar refractivity (Wildman–Crippen MR) is 262 cm³/mol. The van der Waals surface area contributed by atoms with Crippen molar-refractivity contribution in [2.45, 2.75) is 153 Å². The highest BCUT2D eigenvalue weighted by molar-refractivity contribution is 6.40. The molecule has 14 N–H and O–H groups in total. The molecule has 2 aromatic rings. The minimum atomic E-state index is -1.45. The van der Waals surface area contributed by atoms with E-state index in [1.165, 1.54) is 0 Å². The second-order valence-corrected chi connectivity index (χ2v) is 17.5. The van der Waals surface area contributed by atoms with Crippen LogP contribution in [0, 0.1) is 5.92 Å². The lowest BCUT2D eigenvalue weighted by Crippen LogP contribution is -2.58. The zero-order chi connectivity index (χ0) is 52.0. The normalized spacial score (nSPS) is 13.9. The molecule has 6 atom stereocenters. The minimum absolute atomic E-state index is 0.00962. The molecule has 0 aliphatic carbocycles. The van der Waals surface area contributed by atoms with Crippen molar-refractivity contribution in [2.24, 2.45) is 28.1 Å². The Morgan fingerprint density at radius 1 is 0.614 bits per heavy atom. The SMILES string of the molecule is CCCC[C@H](NC(=O)[C@H](CCC(N)=O)NC(=O)[C@H](CCCCN)NC(=O)C(CCc1ccccc1)=NC(=O)[C@H](CC(C)C)NC(=O)[C@H](CC(=O)O)NCc1ccccc1)C(=O)N[C@@H](CCCO)C(N)=O. The molecule has 70 heavy (non-hydrogen) atoms. The monoisotopic (exact) mass is 979 g/mol. The summed E-state index contributed by atoms with van der Waals surface area (Å²) in [4.78, 5) is 124. The van der Waals surface area contributed by atoms with Crippen LogP contribution >= 0.6 is 0 Å². The van der Waals surface area contributed by atoms with Crippen LogP contribution in [-0.2, 0) is 56.1 Å². The van der Waals surface area contributed by atoms with Crippen LogP contribution in [0.25, 0.3) is 0 Å². The van der Waals surface area contributed by atoms with Crippen LogP contribution in [0.5, 0.6) is 0 Å². The van der Waals surface area contributed by atoms with Gasteiger partial charge in [-0.3, -0.25) is 43.2 Å². The van der Waals surface area contributed by atoms with Crippen LogP contribution in [0.3, 0.4) is 0 Å². The number of carboxylic acids is 1. The van der Waals surface area contributed by atoms with Gasteiger partial charge in [0.15, 0.2) is 0 Å². The van der Waals surface area contributed by atoms with Gasteiger partial charge in [-0.05, 0) is 87.8 Å². The Balaban J connectivity index is 2.51. The van der Waals surface area contributed by atoms with E-state index in [0.717, 1.165) is 11.1 Å². The van der Waals surface area contributed by atoms with Crippen molar-refractivity contribution >= 4 is 58.9 Å². The molecule has 0 saturated heterocycles. The predicted octanol–water partition coefficient (Wildman–Crippen LogP) is 0.533. The fourth-order valence-corrected chi connectivity index (χ4v) is 7.21. The van der Waals surface area contributed by atoms with Gasteiger partial charge in [0, 0.05) is 19.6 Å². The summed E-state index contributed by atoms with van der Waals surface area (Å²) in [5.41, 5.74) is 18.0. The number of aryl methyl sites for hydroxylation is 1. The Hall–Kier alpha value is -6.58. The molecule has 8 amide bonds. The number of amides is 8. The van der Waals surface area contributed by atoms with Crippen molar-refractivity contribution < 1.29 is 53.4 Å². The van der Waals surface area contributed by atoms with E-state index in [1.807, 2.05) is 45.0 Å². The Kier molecular flexibility index (Phi) is 28.1. The average Bonchev–Trinajstić information content (AvgIpc) is 3.32. The van der Waals surface area contributed by atoms with Gasteiger partial charge in [-0.15, -0.1) is 0 Å². The molecule has 0 saturated carbocycles. The van der Waals surface area contributed by atoms with Gasteiger partial charge < -0.3 is 59.3 Å². The number of carboxylic acid groups (broad SMARTS) is 1. The first-order valence-corrected chi connectivity index (χ1v) is 23.9. The van der Waals surface area contributed by atoms with E-state index in [0.29, 0.717) is 25.7 Å². The van der Waals surface area contributed by atoms with Gasteiger partial charge in [0.1, 0.15) is 35.9 Å². The fourth-order valence-electron chi connectivity index (χ4n) is 7.21. The Bertz CT molecular complexity index is 2040. The number of aliphatic hydroxyl groups excluding tert-OH is 1. The summed E-state index contributed by atoms with van der Waals surface area (Å²) in [7, 11) is 0. The molecular weight excluding hydrogens is 905 g/mol. The third kappa shape index (κ3) is 23.6. The average molecular weight is 979 g/mol. The van der Waals surface area contributed by atoms with Gasteiger partial charge in [-0.25, -0.2) is 4.99 Å². The van der Waals surface area contributed by atoms with Crippen LogP contribution < -0.4 is 49.1 Å². The molecule has 0 fully saturated rings. The number of unbranched alkanes of at least 4 members (excludes halogenated alkanes) is 2. The molecule has 21 heteroatoms. The number of nitrogens with zero attached hydrogens (tertiary/aromatic N) is 1. The Morgan fingerprint density at radius 2 is 1.13 bits per heavy atom. The summed E-state index contributed by atoms with van der Waals surface area (Å²) in [5.74, 6) is -8.05. The third-order valence-electron chi connectivity index (χ3n) is 11.1. The molecule has 386 valence electrons. The zero-order valence-corrected chi connectivity index (χ0v) is 40.6. The first kappa shape index (κ1) is 59.5. The number of aliphatic hydroxyl groups is 1. The highest BCUT2D eigenvalue weighted by Gasteiger charge is 2.33. The van der Waals surface area contributed by atoms with Crippen molar-refractivity contribution in [3.63, 3.8) is 0 Å². The van der Waals surface area contributed by atoms with Gasteiger partial charge in [0.2, 0.25) is 35.4 Å². The maximum atomic E-state index is 14.3. The van der Waals surface area contributed by atoms with Gasteiger partial charge in [0.25, 0.3) is 11.8 Å². The summed E-state index contributed by atoms with van der Waals surface area (Å²) in [6.45, 7) is 5.64. The minimum Gasteiger partial charge on any atom is -0.481 e. The summed E-state index contributed by atoms with van der Waals surface area (Å²) in [6, 6.07) is 10.4. The number of nitrogens with two attached hydrogens (primary N) is 3. The highest BCUT2D eigenvalue weighted by Crippen LogP contribution is 2.13. The first-order valence-electron chi connectivity index (χ1n) is 23.9. The lowest BCUT2D eigenvalue weighted by atomic mass is 10.0. The molecular formula is C49H74N10O11. The summed E-state index contributed by atoms with van der Waals surface area (Å²) < 4.78 is 0. The number of nitrogens with one attached hydrogen (secondary N) is 6. The second-order valence-electron chi connectivity index (χ2n) is 17.5. The van der Waals surface area contributed by atoms with Crippen LogP contribution in [-0.4, -0.2) is 119 Å². The van der Waals surface area contributed by atoms with Crippen molar-refractivity contribution in [2.75, 3.05) is 13.2 Å². The standard InChI is InChI=1S/C49H74N10O11/c1-4-5-19-35(44(65)54-34(43(52)64)21-14-27-60)55-47(68)38(24-25-41(51)61)57-45(66)36(20-12-13-26-50)56-46(67)37(23-22-32-15-8-6-9-16-32)58-49(70)40(28-31(2)3)59-48(69)39(29-42(62)63)53-30-33-17-10-7-11-18-33/h6-11,15-18,31,34-36,38-40,53,60H,4-5,12-14,19-30,50H2,1-3H3,(H2,51,61)(H2,52,64)(H,54,65)(H,55,68)(H,56,67)(H,57,66)(H,59,69)(H,62,63)/t34-,35-,36-,38-,39-,40-/m0/s1. The van der Waals surface area contributed by atoms with E-state index in [2.05, 4.69) is 36.9 Å². The summed E-state index contributed by atoms with van der Waals surface area (Å²) >= 11 is 0. The van der Waals surface area contributed by atoms with Crippen molar-refractivity contribution in [1.82, 2.24) is 31.9 Å². The van der Waals surface area contributed by atoms with E-state index in [9.17, 15) is 53.4 Å². The molecule has 0 unspecified atom stereocenters. The third-order valence-corrected chi connectivity index (χ3v) is 11.1. The second kappa shape index (κ2) is 33.0. The largest absolute Gasteiger partial charge is 0.481 e. The number of primary amides is 2. The molecule has 2 aromatic carbocycles. The van der Waals surface area contributed by atoms with Crippen molar-refractivity contribution in [3.8, 4) is 0 Å². The first-order chi connectivity index (χ1) is 33.4. The summed E-state index contributed by atoms with van der Waals surface area (Å²) in [6.07, 6.45) is 1.21. The topological polar surface area (TPSA) is 357 Å². The van der Waals surface area contributed by atoms with Crippen LogP contribution in [0.15, 0.2) is 65.7 Å². The maximum absolute atomic E-state index is 14.3. The molecule has 0 spiro atoms. The molecule has 0 heterocycles. The van der Waals surface area contributed by atoms with Crippen molar-refractivity contribution in [3.05, 3.63) is 71.8 Å². The number of aliphatic carboxylic acids is 1. The van der Waals surface area contributed by atoms with Crippen molar-refractivity contribution in [1.29, 1.82) is 0 Å². The van der Waals surface area contributed by atoms with E-state index in [4.69, 9.17) is 17.2 Å². The maximum Gasteiger partial charge on any atom is 0.305 e. The quantitative estimate of drug-likeness (QED) is 0.0332. The van der Waals surface area contributed by atoms with Gasteiger partial charge >= 0.3 is 5.97 Å². The molecule has 0 aromatic heterocycles. The molecule has 0 bridgehead atoms. The van der Waals surface area contributed by atoms with Crippen LogP contribution in [0.2, 0.25) is 0 Å². The smallest absolute Gasteiger partial charge is 0.305 e. The van der Waals surface area contributed by atoms with Crippen LogP contribution in [0.1, 0.15) is 115 Å². The number of rotatable bonds is 35. The molecule has 0 radical (unpaired) electrons. The van der Waals surface area contributed by atoms with E-state index >= 15 is 0 Å². The zero-order valence-electron chi connectivity index (χ0n) is 40.6. The molecule has 0 aliphatic heterocycles. The number of hydrogen-bond donors (Lipinski definition) is 11. The Morgan fingerprint density at radius 3 is 1.66 bits per heavy atom. The fraction of sp³-hybridized carbons (Fsp3) is 0.551. The van der Waals surface area contributed by atoms with Gasteiger partial charge in [-0.1, -0.05) is 94.3 Å². The highest BCUT2D eigenvalue weighted by atomic mass is 16.4. The van der Waals surface area contributed by atoms with E-state index in [-0.39, 0.29) is 89.1 Å². The molecule has 2 rings (SSSR count). The number of hydrogen-bond acceptors (Lipinski definition) is 12. The summed E-state index contributed by atoms with van der Waals surface area (Å²) in [5, 5.41) is 34.9. The number of benzene rings is 2. The van der Waals surface area contributed by atoms with Gasteiger partial charge in [-0.2, -0.15) is 0 Å². The molecule has 0 aliphatic rings. The number of carbonyl (C=O) groups is 9. The lowest BCUT2D eigenvalue weighted by Gasteiger charge is -2.26. The number of carbonyl (C=O) groups excluding carboxylic acids is 8. The Labute approximate surface area is 409 Å². The van der Waals surface area contributed by atoms with E-state index in [1.54, 1.807) is 36.4 Å². The number of aliphatic imine (C=N–C) groups is 1. The van der Waals surface area contributed by atoms with Gasteiger partial charge in [0.05, 0.1) is 12.5 Å².